The maximum absolute atomic E-state index is 13.7. The summed E-state index contributed by atoms with van der Waals surface area (Å²) in [7, 11) is 0. The highest BCUT2D eigenvalue weighted by Crippen LogP contribution is 2.25. The molecular formula is C12H14ClFN2. The molecule has 4 heteroatoms. The number of rotatable bonds is 5. The Hall–Kier alpha value is -1.08. The Kier molecular flexibility index (Phi) is 5.27. The minimum atomic E-state index is -0.423. The van der Waals surface area contributed by atoms with Crippen LogP contribution in [0.5, 0.6) is 0 Å². The fourth-order valence-electron chi connectivity index (χ4n) is 1.53. The zero-order chi connectivity index (χ0) is 12.0. The highest BCUT2D eigenvalue weighted by Gasteiger charge is 2.15. The summed E-state index contributed by atoms with van der Waals surface area (Å²) in [5.41, 5.74) is 3.06. The first kappa shape index (κ1) is 13.0. The number of unbranched alkanes of at least 4 members (excludes halogenated alkanes) is 1. The van der Waals surface area contributed by atoms with Crippen LogP contribution in [-0.2, 0) is 0 Å². The molecule has 0 saturated heterocycles. The van der Waals surface area contributed by atoms with Gasteiger partial charge in [0.25, 0.3) is 0 Å². The fourth-order valence-corrected chi connectivity index (χ4v) is 1.71. The van der Waals surface area contributed by atoms with E-state index in [1.54, 1.807) is 12.1 Å². The SMILES string of the molecule is C#CCCCC(NN)c1cccc(Cl)c1F. The topological polar surface area (TPSA) is 38.0 Å². The zero-order valence-corrected chi connectivity index (χ0v) is 9.60. The predicted molar refractivity (Wildman–Crippen MR) is 64.2 cm³/mol. The van der Waals surface area contributed by atoms with Gasteiger partial charge in [0.1, 0.15) is 5.82 Å². The lowest BCUT2D eigenvalue weighted by atomic mass is 10.0. The summed E-state index contributed by atoms with van der Waals surface area (Å²) in [6.07, 6.45) is 7.27. The van der Waals surface area contributed by atoms with E-state index in [9.17, 15) is 4.39 Å². The van der Waals surface area contributed by atoms with Gasteiger partial charge in [-0.2, -0.15) is 0 Å². The fraction of sp³-hybridized carbons (Fsp3) is 0.333. The lowest BCUT2D eigenvalue weighted by molar-refractivity contribution is 0.475. The number of hydrogen-bond acceptors (Lipinski definition) is 2. The lowest BCUT2D eigenvalue weighted by Gasteiger charge is -2.16. The summed E-state index contributed by atoms with van der Waals surface area (Å²) in [6.45, 7) is 0. The molecule has 0 bridgehead atoms. The molecule has 1 rings (SSSR count). The molecule has 1 aromatic carbocycles. The van der Waals surface area contributed by atoms with Crippen molar-refractivity contribution in [1.29, 1.82) is 0 Å². The van der Waals surface area contributed by atoms with Gasteiger partial charge in [0.05, 0.1) is 5.02 Å². The molecule has 3 N–H and O–H groups in total. The minimum absolute atomic E-state index is 0.106. The molecule has 0 aliphatic rings. The summed E-state index contributed by atoms with van der Waals surface area (Å²) in [4.78, 5) is 0. The number of hydrazine groups is 1. The van der Waals surface area contributed by atoms with Crippen molar-refractivity contribution in [1.82, 2.24) is 5.43 Å². The van der Waals surface area contributed by atoms with Crippen LogP contribution < -0.4 is 11.3 Å². The highest BCUT2D eigenvalue weighted by atomic mass is 35.5. The van der Waals surface area contributed by atoms with Gasteiger partial charge in [-0.3, -0.25) is 11.3 Å². The first-order valence-electron chi connectivity index (χ1n) is 5.04. The first-order valence-corrected chi connectivity index (χ1v) is 5.42. The van der Waals surface area contributed by atoms with E-state index in [1.807, 2.05) is 0 Å². The quantitative estimate of drug-likeness (QED) is 0.360. The van der Waals surface area contributed by atoms with E-state index in [-0.39, 0.29) is 11.1 Å². The third-order valence-corrected chi connectivity index (χ3v) is 2.66. The largest absolute Gasteiger partial charge is 0.271 e. The molecule has 0 saturated carbocycles. The van der Waals surface area contributed by atoms with Crippen LogP contribution in [0.4, 0.5) is 4.39 Å². The van der Waals surface area contributed by atoms with E-state index in [0.29, 0.717) is 18.4 Å². The second kappa shape index (κ2) is 6.49. The van der Waals surface area contributed by atoms with Crippen LogP contribution >= 0.6 is 11.6 Å². The van der Waals surface area contributed by atoms with Gasteiger partial charge >= 0.3 is 0 Å². The summed E-state index contributed by atoms with van der Waals surface area (Å²) in [5, 5.41) is 0.106. The number of nitrogens with one attached hydrogen (secondary N) is 1. The molecule has 0 heterocycles. The molecule has 0 fully saturated rings. The summed E-state index contributed by atoms with van der Waals surface area (Å²) in [5.74, 6) is 7.51. The van der Waals surface area contributed by atoms with E-state index < -0.39 is 5.82 Å². The van der Waals surface area contributed by atoms with Crippen molar-refractivity contribution in [3.8, 4) is 12.3 Å². The number of terminal acetylenes is 1. The number of halogens is 2. The van der Waals surface area contributed by atoms with Crippen molar-refractivity contribution >= 4 is 11.6 Å². The molecule has 2 nitrogen and oxygen atoms in total. The molecule has 0 aliphatic carbocycles. The van der Waals surface area contributed by atoms with Crippen LogP contribution in [0.2, 0.25) is 5.02 Å². The van der Waals surface area contributed by atoms with E-state index in [1.165, 1.54) is 6.07 Å². The maximum atomic E-state index is 13.7. The van der Waals surface area contributed by atoms with Crippen molar-refractivity contribution in [3.63, 3.8) is 0 Å². The molecule has 1 aromatic rings. The minimum Gasteiger partial charge on any atom is -0.271 e. The van der Waals surface area contributed by atoms with Crippen molar-refractivity contribution in [2.24, 2.45) is 5.84 Å². The van der Waals surface area contributed by atoms with Gasteiger partial charge in [0, 0.05) is 18.0 Å². The molecule has 1 atom stereocenters. The van der Waals surface area contributed by atoms with Crippen LogP contribution in [0, 0.1) is 18.2 Å². The van der Waals surface area contributed by atoms with Gasteiger partial charge in [-0.05, 0) is 18.9 Å². The first-order chi connectivity index (χ1) is 7.70. The van der Waals surface area contributed by atoms with Crippen LogP contribution in [0.3, 0.4) is 0 Å². The average Bonchev–Trinajstić information content (AvgIpc) is 2.29. The third-order valence-electron chi connectivity index (χ3n) is 2.37. The van der Waals surface area contributed by atoms with Gasteiger partial charge < -0.3 is 0 Å². The standard InChI is InChI=1S/C12H14ClFN2/c1-2-3-4-8-11(16-15)9-6-5-7-10(13)12(9)14/h1,5-7,11,16H,3-4,8,15H2. The molecular weight excluding hydrogens is 227 g/mol. The van der Waals surface area contributed by atoms with Gasteiger partial charge in [0.15, 0.2) is 0 Å². The zero-order valence-electron chi connectivity index (χ0n) is 8.84. The lowest BCUT2D eigenvalue weighted by Crippen LogP contribution is -2.28. The summed E-state index contributed by atoms with van der Waals surface area (Å²) in [6, 6.07) is 4.62. The molecule has 16 heavy (non-hydrogen) atoms. The number of nitrogens with two attached hydrogens (primary N) is 1. The van der Waals surface area contributed by atoms with Crippen molar-refractivity contribution in [2.75, 3.05) is 0 Å². The molecule has 0 aromatic heterocycles. The van der Waals surface area contributed by atoms with Crippen molar-refractivity contribution < 1.29 is 4.39 Å². The molecule has 0 spiro atoms. The monoisotopic (exact) mass is 240 g/mol. The van der Waals surface area contributed by atoms with Gasteiger partial charge in [-0.15, -0.1) is 12.3 Å². The van der Waals surface area contributed by atoms with Crippen LogP contribution in [0.15, 0.2) is 18.2 Å². The Morgan fingerprint density at radius 2 is 2.31 bits per heavy atom. The molecule has 86 valence electrons. The predicted octanol–water partition coefficient (Wildman–Crippen LogP) is 2.79. The maximum Gasteiger partial charge on any atom is 0.146 e. The van der Waals surface area contributed by atoms with Crippen LogP contribution in [0.25, 0.3) is 0 Å². The highest BCUT2D eigenvalue weighted by molar-refractivity contribution is 6.30. The number of hydrogen-bond donors (Lipinski definition) is 2. The summed E-state index contributed by atoms with van der Waals surface area (Å²) >= 11 is 5.70. The second-order valence-electron chi connectivity index (χ2n) is 3.46. The Morgan fingerprint density at radius 1 is 1.56 bits per heavy atom. The Bertz CT molecular complexity index is 387. The molecule has 0 radical (unpaired) electrons. The summed E-state index contributed by atoms with van der Waals surface area (Å²) < 4.78 is 13.7. The average molecular weight is 241 g/mol. The second-order valence-corrected chi connectivity index (χ2v) is 3.87. The van der Waals surface area contributed by atoms with Crippen LogP contribution in [-0.4, -0.2) is 0 Å². The number of benzene rings is 1. The van der Waals surface area contributed by atoms with Gasteiger partial charge in [-0.25, -0.2) is 4.39 Å². The van der Waals surface area contributed by atoms with Gasteiger partial charge in [0.2, 0.25) is 0 Å². The molecule has 1 unspecified atom stereocenters. The van der Waals surface area contributed by atoms with Crippen molar-refractivity contribution in [3.05, 3.63) is 34.6 Å². The normalized spacial score (nSPS) is 12.1. The smallest absolute Gasteiger partial charge is 0.146 e. The van der Waals surface area contributed by atoms with E-state index >= 15 is 0 Å². The third kappa shape index (κ3) is 3.21. The van der Waals surface area contributed by atoms with E-state index in [0.717, 1.165) is 6.42 Å². The molecule has 0 amide bonds. The Morgan fingerprint density at radius 3 is 2.94 bits per heavy atom. The Balaban J connectivity index is 2.79. The Labute approximate surface area is 99.9 Å². The van der Waals surface area contributed by atoms with E-state index in [2.05, 4.69) is 11.3 Å². The molecule has 0 aliphatic heterocycles. The van der Waals surface area contributed by atoms with E-state index in [4.69, 9.17) is 23.9 Å². The van der Waals surface area contributed by atoms with Crippen molar-refractivity contribution in [2.45, 2.75) is 25.3 Å². The van der Waals surface area contributed by atoms with Crippen LogP contribution in [0.1, 0.15) is 30.9 Å². The van der Waals surface area contributed by atoms with Gasteiger partial charge in [-0.1, -0.05) is 23.7 Å².